The molecule has 2 heterocycles. The van der Waals surface area contributed by atoms with E-state index in [2.05, 4.69) is 15.5 Å². The summed E-state index contributed by atoms with van der Waals surface area (Å²) in [6.07, 6.45) is 0. The summed E-state index contributed by atoms with van der Waals surface area (Å²) >= 11 is 5.20. The first kappa shape index (κ1) is 18.9. The molecule has 0 spiro atoms. The molecule has 2 aromatic carbocycles. The topological polar surface area (TPSA) is 85.1 Å². The van der Waals surface area contributed by atoms with Crippen molar-refractivity contribution in [1.29, 1.82) is 0 Å². The molecule has 0 saturated carbocycles. The Balaban J connectivity index is 1.73. The fourth-order valence-corrected chi connectivity index (χ4v) is 3.59. The normalized spacial score (nSPS) is 11.0. The van der Waals surface area contributed by atoms with Crippen LogP contribution in [-0.4, -0.2) is 27.8 Å². The maximum Gasteiger partial charge on any atom is 0.288 e. The van der Waals surface area contributed by atoms with E-state index in [1.165, 1.54) is 0 Å². The molecular weight excluding hydrogens is 388 g/mol. The fourth-order valence-electron chi connectivity index (χ4n) is 3.31. The minimum Gasteiger partial charge on any atom is -0.497 e. The molecule has 7 nitrogen and oxygen atoms in total. The standard InChI is InChI=1S/C21H20N4O3S/c1-3-25-17(23-24-21(25)29)12-22-20(26)19-18(13-7-5-4-6-8-13)15-10-9-14(27-2)11-16(15)28-19/h4-11H,3,12H2,1-2H3,(H,22,26)(H,24,29). The molecule has 0 aliphatic rings. The van der Waals surface area contributed by atoms with Crippen LogP contribution in [0.3, 0.4) is 0 Å². The molecule has 8 heteroatoms. The Morgan fingerprint density at radius 3 is 2.79 bits per heavy atom. The van der Waals surface area contributed by atoms with E-state index in [1.54, 1.807) is 13.2 Å². The zero-order valence-electron chi connectivity index (χ0n) is 16.1. The van der Waals surface area contributed by atoms with Gasteiger partial charge in [-0.05, 0) is 36.8 Å². The van der Waals surface area contributed by atoms with Crippen molar-refractivity contribution < 1.29 is 13.9 Å². The SMILES string of the molecule is CCn1c(CNC(=O)c2oc3cc(OC)ccc3c2-c2ccccc2)n[nH]c1=S. The third-order valence-corrected chi connectivity index (χ3v) is 5.04. The average Bonchev–Trinajstić information content (AvgIpc) is 3.31. The lowest BCUT2D eigenvalue weighted by atomic mass is 10.0. The second-order valence-electron chi connectivity index (χ2n) is 6.41. The van der Waals surface area contributed by atoms with E-state index >= 15 is 0 Å². The highest BCUT2D eigenvalue weighted by molar-refractivity contribution is 7.71. The van der Waals surface area contributed by atoms with Crippen LogP contribution in [0.25, 0.3) is 22.1 Å². The Morgan fingerprint density at radius 1 is 1.28 bits per heavy atom. The number of amides is 1. The highest BCUT2D eigenvalue weighted by atomic mass is 32.1. The second kappa shape index (κ2) is 7.92. The average molecular weight is 408 g/mol. The zero-order chi connectivity index (χ0) is 20.4. The third kappa shape index (κ3) is 3.54. The number of methoxy groups -OCH3 is 1. The predicted molar refractivity (Wildman–Crippen MR) is 112 cm³/mol. The molecule has 0 aliphatic carbocycles. The lowest BCUT2D eigenvalue weighted by molar-refractivity contribution is 0.0924. The molecule has 4 aromatic rings. The number of aromatic nitrogens is 3. The van der Waals surface area contributed by atoms with Crippen LogP contribution in [0.15, 0.2) is 52.9 Å². The number of ether oxygens (including phenoxy) is 1. The molecule has 2 N–H and O–H groups in total. The van der Waals surface area contributed by atoms with Crippen molar-refractivity contribution in [1.82, 2.24) is 20.1 Å². The van der Waals surface area contributed by atoms with Gasteiger partial charge in [0.05, 0.1) is 13.7 Å². The van der Waals surface area contributed by atoms with Crippen LogP contribution in [0.1, 0.15) is 23.3 Å². The van der Waals surface area contributed by atoms with Crippen molar-refractivity contribution in [3.8, 4) is 16.9 Å². The van der Waals surface area contributed by atoms with Gasteiger partial charge in [0.15, 0.2) is 10.6 Å². The van der Waals surface area contributed by atoms with E-state index < -0.39 is 0 Å². The van der Waals surface area contributed by atoms with Crippen molar-refractivity contribution in [3.05, 3.63) is 64.9 Å². The molecule has 0 atom stereocenters. The van der Waals surface area contributed by atoms with Crippen molar-refractivity contribution >= 4 is 29.1 Å². The summed E-state index contributed by atoms with van der Waals surface area (Å²) in [4.78, 5) is 13.0. The monoisotopic (exact) mass is 408 g/mol. The number of carbonyl (C=O) groups is 1. The number of benzene rings is 2. The molecule has 148 valence electrons. The molecule has 2 aromatic heterocycles. The van der Waals surface area contributed by atoms with Crippen LogP contribution >= 0.6 is 12.2 Å². The van der Waals surface area contributed by atoms with E-state index in [-0.39, 0.29) is 18.2 Å². The van der Waals surface area contributed by atoms with E-state index in [1.807, 2.05) is 54.0 Å². The lowest BCUT2D eigenvalue weighted by Gasteiger charge is -2.06. The fraction of sp³-hybridized carbons (Fsp3) is 0.190. The summed E-state index contributed by atoms with van der Waals surface area (Å²) in [7, 11) is 1.59. The number of fused-ring (bicyclic) bond motifs is 1. The largest absolute Gasteiger partial charge is 0.497 e. The number of H-pyrrole nitrogens is 1. The first-order valence-electron chi connectivity index (χ1n) is 9.20. The summed E-state index contributed by atoms with van der Waals surface area (Å²) in [5.41, 5.74) is 2.23. The molecule has 0 radical (unpaired) electrons. The zero-order valence-corrected chi connectivity index (χ0v) is 16.9. The van der Waals surface area contributed by atoms with Crippen molar-refractivity contribution in [2.45, 2.75) is 20.0 Å². The molecule has 0 saturated heterocycles. The van der Waals surface area contributed by atoms with E-state index in [0.717, 1.165) is 16.5 Å². The first-order valence-corrected chi connectivity index (χ1v) is 9.61. The molecular formula is C21H20N4O3S. The molecule has 0 bridgehead atoms. The van der Waals surface area contributed by atoms with Crippen molar-refractivity contribution in [2.24, 2.45) is 0 Å². The van der Waals surface area contributed by atoms with Crippen molar-refractivity contribution in [3.63, 3.8) is 0 Å². The number of nitrogens with zero attached hydrogens (tertiary/aromatic N) is 2. The minimum atomic E-state index is -0.324. The van der Waals surface area contributed by atoms with Gasteiger partial charge < -0.3 is 19.0 Å². The summed E-state index contributed by atoms with van der Waals surface area (Å²) in [6.45, 7) is 2.87. The van der Waals surface area contributed by atoms with Gasteiger partial charge in [-0.2, -0.15) is 5.10 Å². The Hall–Kier alpha value is -3.39. The second-order valence-corrected chi connectivity index (χ2v) is 6.79. The van der Waals surface area contributed by atoms with E-state index in [0.29, 0.717) is 28.5 Å². The van der Waals surface area contributed by atoms with Gasteiger partial charge in [0.1, 0.15) is 11.3 Å². The summed E-state index contributed by atoms with van der Waals surface area (Å²) < 4.78 is 13.6. The summed E-state index contributed by atoms with van der Waals surface area (Å²) in [6, 6.07) is 15.2. The Morgan fingerprint density at radius 2 is 2.07 bits per heavy atom. The number of rotatable bonds is 6. The number of aromatic amines is 1. The van der Waals surface area contributed by atoms with Crippen molar-refractivity contribution in [2.75, 3.05) is 7.11 Å². The van der Waals surface area contributed by atoms with Crippen LogP contribution in [0, 0.1) is 4.77 Å². The van der Waals surface area contributed by atoms with Crippen LogP contribution in [0.5, 0.6) is 5.75 Å². The molecule has 4 rings (SSSR count). The smallest absolute Gasteiger partial charge is 0.288 e. The van der Waals surface area contributed by atoms with Crippen LogP contribution in [0.2, 0.25) is 0 Å². The van der Waals surface area contributed by atoms with Gasteiger partial charge in [0.25, 0.3) is 5.91 Å². The molecule has 29 heavy (non-hydrogen) atoms. The number of carbonyl (C=O) groups excluding carboxylic acids is 1. The van der Waals surface area contributed by atoms with E-state index in [4.69, 9.17) is 21.4 Å². The maximum atomic E-state index is 13.0. The molecule has 1 amide bonds. The van der Waals surface area contributed by atoms with Crippen LogP contribution < -0.4 is 10.1 Å². The van der Waals surface area contributed by atoms with Gasteiger partial charge in [-0.1, -0.05) is 30.3 Å². The van der Waals surface area contributed by atoms with Gasteiger partial charge >= 0.3 is 0 Å². The third-order valence-electron chi connectivity index (χ3n) is 4.73. The Labute approximate surface area is 172 Å². The van der Waals surface area contributed by atoms with E-state index in [9.17, 15) is 4.79 Å². The number of hydrogen-bond donors (Lipinski definition) is 2. The lowest BCUT2D eigenvalue weighted by Crippen LogP contribution is -2.24. The van der Waals surface area contributed by atoms with Gasteiger partial charge in [-0.15, -0.1) is 0 Å². The van der Waals surface area contributed by atoms with Crippen LogP contribution in [0.4, 0.5) is 0 Å². The van der Waals surface area contributed by atoms with Crippen LogP contribution in [-0.2, 0) is 13.1 Å². The number of furan rings is 1. The highest BCUT2D eigenvalue weighted by Gasteiger charge is 2.22. The summed E-state index contributed by atoms with van der Waals surface area (Å²) in [5.74, 6) is 1.24. The number of hydrogen-bond acceptors (Lipinski definition) is 5. The van der Waals surface area contributed by atoms with Gasteiger partial charge in [0, 0.05) is 23.6 Å². The predicted octanol–water partition coefficient (Wildman–Crippen LogP) is 4.31. The molecule has 0 fully saturated rings. The minimum absolute atomic E-state index is 0.231. The molecule has 0 unspecified atom stereocenters. The molecule has 0 aliphatic heterocycles. The highest BCUT2D eigenvalue weighted by Crippen LogP contribution is 2.36. The van der Waals surface area contributed by atoms with Gasteiger partial charge in [-0.3, -0.25) is 9.89 Å². The van der Waals surface area contributed by atoms with Gasteiger partial charge in [-0.25, -0.2) is 0 Å². The Kier molecular flexibility index (Phi) is 5.18. The summed E-state index contributed by atoms with van der Waals surface area (Å²) in [5, 5.41) is 10.7. The quantitative estimate of drug-likeness (QED) is 0.464. The Bertz CT molecular complexity index is 1220. The first-order chi connectivity index (χ1) is 14.1. The van der Waals surface area contributed by atoms with Gasteiger partial charge in [0.2, 0.25) is 5.76 Å². The maximum absolute atomic E-state index is 13.0. The number of nitrogens with one attached hydrogen (secondary N) is 2.